The number of ether oxygens (including phenoxy) is 1. The van der Waals surface area contributed by atoms with Gasteiger partial charge < -0.3 is 10.1 Å². The molecule has 4 rings (SSSR count). The van der Waals surface area contributed by atoms with Gasteiger partial charge in [0.25, 0.3) is 11.5 Å². The Morgan fingerprint density at radius 3 is 2.42 bits per heavy atom. The maximum absolute atomic E-state index is 12.5. The highest BCUT2D eigenvalue weighted by atomic mass is 35.5. The third-order valence-electron chi connectivity index (χ3n) is 5.39. The summed E-state index contributed by atoms with van der Waals surface area (Å²) in [5, 5.41) is 8.06. The van der Waals surface area contributed by atoms with Crippen molar-refractivity contribution in [1.29, 1.82) is 0 Å². The minimum Gasteiger partial charge on any atom is -0.472 e. The van der Waals surface area contributed by atoms with Crippen molar-refractivity contribution in [2.45, 2.75) is 44.8 Å². The lowest BCUT2D eigenvalue weighted by atomic mass is 9.95. The number of halogens is 1. The van der Waals surface area contributed by atoms with Crippen molar-refractivity contribution in [1.82, 2.24) is 15.1 Å². The Balaban J connectivity index is 1.44. The molecule has 1 aliphatic carbocycles. The van der Waals surface area contributed by atoms with Crippen LogP contribution in [0.3, 0.4) is 0 Å². The fourth-order valence-corrected chi connectivity index (χ4v) is 3.79. The van der Waals surface area contributed by atoms with Gasteiger partial charge in [0.1, 0.15) is 6.61 Å². The second-order valence-corrected chi connectivity index (χ2v) is 8.13. The summed E-state index contributed by atoms with van der Waals surface area (Å²) in [6.07, 6.45) is 5.63. The van der Waals surface area contributed by atoms with E-state index in [0.29, 0.717) is 28.8 Å². The number of hydrogen-bond donors (Lipinski definition) is 1. The molecule has 0 spiro atoms. The molecular formula is C24H24ClN3O3. The van der Waals surface area contributed by atoms with Gasteiger partial charge in [-0.3, -0.25) is 9.59 Å². The summed E-state index contributed by atoms with van der Waals surface area (Å²) >= 11 is 5.90. The van der Waals surface area contributed by atoms with Crippen molar-refractivity contribution in [3.8, 4) is 11.6 Å². The topological polar surface area (TPSA) is 73.2 Å². The number of nitrogens with zero attached hydrogens (tertiary/aromatic N) is 2. The molecule has 1 fully saturated rings. The molecule has 0 unspecified atom stereocenters. The van der Waals surface area contributed by atoms with Crippen LogP contribution in [-0.2, 0) is 6.61 Å². The van der Waals surface area contributed by atoms with E-state index in [-0.39, 0.29) is 17.5 Å². The molecule has 0 saturated heterocycles. The molecule has 1 amide bonds. The van der Waals surface area contributed by atoms with Crippen LogP contribution in [0.2, 0.25) is 5.02 Å². The highest BCUT2D eigenvalue weighted by Gasteiger charge is 2.16. The zero-order valence-electron chi connectivity index (χ0n) is 17.1. The first-order valence-corrected chi connectivity index (χ1v) is 10.9. The molecule has 2 aromatic carbocycles. The van der Waals surface area contributed by atoms with E-state index >= 15 is 0 Å². The number of nitrogens with one attached hydrogen (secondary N) is 1. The molecule has 0 atom stereocenters. The molecule has 0 radical (unpaired) electrons. The lowest BCUT2D eigenvalue weighted by Crippen LogP contribution is -2.36. The number of rotatable bonds is 6. The average Bonchev–Trinajstić information content (AvgIpc) is 2.80. The van der Waals surface area contributed by atoms with Crippen LogP contribution in [0.4, 0.5) is 0 Å². The van der Waals surface area contributed by atoms with Crippen LogP contribution in [-0.4, -0.2) is 21.7 Å². The van der Waals surface area contributed by atoms with Gasteiger partial charge in [-0.25, -0.2) is 0 Å². The molecule has 1 aliphatic rings. The predicted octanol–water partition coefficient (Wildman–Crippen LogP) is 4.53. The standard InChI is InChI=1S/C24H24ClN3O3/c25-19-10-6-17(7-11-19)16-31-22-14-15-23(29)28(27-22)21-12-8-18(9-13-21)24(30)26-20-4-2-1-3-5-20/h6-15,20H,1-5,16H2,(H,26,30). The summed E-state index contributed by atoms with van der Waals surface area (Å²) in [6, 6.07) is 17.4. The van der Waals surface area contributed by atoms with Gasteiger partial charge in [0.05, 0.1) is 5.69 Å². The first kappa shape index (κ1) is 21.1. The third kappa shape index (κ3) is 5.52. The van der Waals surface area contributed by atoms with E-state index in [9.17, 15) is 9.59 Å². The van der Waals surface area contributed by atoms with Crippen LogP contribution in [0.5, 0.6) is 5.88 Å². The van der Waals surface area contributed by atoms with Gasteiger partial charge in [-0.15, -0.1) is 5.10 Å². The summed E-state index contributed by atoms with van der Waals surface area (Å²) in [5.74, 6) is 0.243. The number of hydrogen-bond acceptors (Lipinski definition) is 4. The summed E-state index contributed by atoms with van der Waals surface area (Å²) in [7, 11) is 0. The van der Waals surface area contributed by atoms with Gasteiger partial charge in [-0.05, 0) is 54.8 Å². The number of carbonyl (C=O) groups excluding carboxylic acids is 1. The highest BCUT2D eigenvalue weighted by molar-refractivity contribution is 6.30. The van der Waals surface area contributed by atoms with Crippen molar-refractivity contribution in [2.75, 3.05) is 0 Å². The van der Waals surface area contributed by atoms with E-state index in [1.165, 1.54) is 17.2 Å². The van der Waals surface area contributed by atoms with E-state index in [2.05, 4.69) is 10.4 Å². The predicted molar refractivity (Wildman–Crippen MR) is 120 cm³/mol. The minimum atomic E-state index is -0.279. The normalized spacial score (nSPS) is 14.2. The van der Waals surface area contributed by atoms with Crippen molar-refractivity contribution >= 4 is 17.5 Å². The van der Waals surface area contributed by atoms with E-state index in [4.69, 9.17) is 16.3 Å². The van der Waals surface area contributed by atoms with Crippen LogP contribution in [0.1, 0.15) is 48.0 Å². The largest absolute Gasteiger partial charge is 0.472 e. The number of benzene rings is 2. The van der Waals surface area contributed by atoms with Crippen molar-refractivity contribution < 1.29 is 9.53 Å². The van der Waals surface area contributed by atoms with E-state index in [1.54, 1.807) is 42.5 Å². The fraction of sp³-hybridized carbons (Fsp3) is 0.292. The molecule has 1 aromatic heterocycles. The van der Waals surface area contributed by atoms with Gasteiger partial charge in [0.15, 0.2) is 0 Å². The summed E-state index contributed by atoms with van der Waals surface area (Å²) in [4.78, 5) is 24.8. The highest BCUT2D eigenvalue weighted by Crippen LogP contribution is 2.18. The Bertz CT molecular complexity index is 1090. The molecule has 3 aromatic rings. The maximum atomic E-state index is 12.5. The van der Waals surface area contributed by atoms with Crippen LogP contribution in [0.15, 0.2) is 65.5 Å². The number of aromatic nitrogens is 2. The Hall–Kier alpha value is -3.12. The Morgan fingerprint density at radius 2 is 1.71 bits per heavy atom. The summed E-state index contributed by atoms with van der Waals surface area (Å²) < 4.78 is 6.98. The maximum Gasteiger partial charge on any atom is 0.271 e. The average molecular weight is 438 g/mol. The first-order chi connectivity index (χ1) is 15.1. The molecule has 0 bridgehead atoms. The van der Waals surface area contributed by atoms with Crippen molar-refractivity contribution in [3.63, 3.8) is 0 Å². The quantitative estimate of drug-likeness (QED) is 0.615. The Morgan fingerprint density at radius 1 is 1.00 bits per heavy atom. The molecule has 7 heteroatoms. The molecule has 1 N–H and O–H groups in total. The first-order valence-electron chi connectivity index (χ1n) is 10.5. The van der Waals surface area contributed by atoms with E-state index in [1.807, 2.05) is 12.1 Å². The third-order valence-corrected chi connectivity index (χ3v) is 5.64. The van der Waals surface area contributed by atoms with Crippen LogP contribution in [0.25, 0.3) is 5.69 Å². The fourth-order valence-electron chi connectivity index (χ4n) is 3.66. The SMILES string of the molecule is O=C(NC1CCCCC1)c1ccc(-n2nc(OCc3ccc(Cl)cc3)ccc2=O)cc1. The minimum absolute atomic E-state index is 0.0844. The lowest BCUT2D eigenvalue weighted by Gasteiger charge is -2.22. The van der Waals surface area contributed by atoms with Gasteiger partial charge >= 0.3 is 0 Å². The van der Waals surface area contributed by atoms with Crippen LogP contribution >= 0.6 is 11.6 Å². The summed E-state index contributed by atoms with van der Waals surface area (Å²) in [5.41, 5.74) is 1.80. The van der Waals surface area contributed by atoms with Crippen LogP contribution < -0.4 is 15.6 Å². The molecule has 160 valence electrons. The zero-order valence-corrected chi connectivity index (χ0v) is 17.8. The Kier molecular flexibility index (Phi) is 6.67. The smallest absolute Gasteiger partial charge is 0.271 e. The monoisotopic (exact) mass is 437 g/mol. The van der Waals surface area contributed by atoms with Crippen LogP contribution in [0, 0.1) is 0 Å². The second kappa shape index (κ2) is 9.79. The van der Waals surface area contributed by atoms with E-state index in [0.717, 1.165) is 31.2 Å². The molecule has 1 saturated carbocycles. The van der Waals surface area contributed by atoms with Gasteiger partial charge in [-0.1, -0.05) is 43.0 Å². The van der Waals surface area contributed by atoms with Crippen molar-refractivity contribution in [3.05, 3.63) is 87.2 Å². The van der Waals surface area contributed by atoms with Crippen molar-refractivity contribution in [2.24, 2.45) is 0 Å². The second-order valence-electron chi connectivity index (χ2n) is 7.69. The molecule has 1 heterocycles. The van der Waals surface area contributed by atoms with Gasteiger partial charge in [0, 0.05) is 28.8 Å². The lowest BCUT2D eigenvalue weighted by molar-refractivity contribution is 0.0927. The number of carbonyl (C=O) groups is 1. The molecule has 31 heavy (non-hydrogen) atoms. The molecule has 0 aliphatic heterocycles. The van der Waals surface area contributed by atoms with Gasteiger partial charge in [-0.2, -0.15) is 4.68 Å². The summed E-state index contributed by atoms with van der Waals surface area (Å²) in [6.45, 7) is 0.308. The Labute approximate surface area is 185 Å². The van der Waals surface area contributed by atoms with E-state index < -0.39 is 0 Å². The molecule has 6 nitrogen and oxygen atoms in total. The molecular weight excluding hydrogens is 414 g/mol. The zero-order chi connectivity index (χ0) is 21.6. The van der Waals surface area contributed by atoms with Gasteiger partial charge in [0.2, 0.25) is 5.88 Å². The number of amides is 1.